The van der Waals surface area contributed by atoms with Gasteiger partial charge in [-0.2, -0.15) is 12.9 Å². The van der Waals surface area contributed by atoms with Crippen LogP contribution in [0.4, 0.5) is 9.59 Å². The lowest BCUT2D eigenvalue weighted by Crippen LogP contribution is -2.65. The van der Waals surface area contributed by atoms with E-state index >= 15 is 0 Å². The van der Waals surface area contributed by atoms with Crippen molar-refractivity contribution in [2.75, 3.05) is 78.7 Å². The Morgan fingerprint density at radius 1 is 0.462 bits per heavy atom. The van der Waals surface area contributed by atoms with E-state index in [-0.39, 0.29) is 82.8 Å². The second kappa shape index (κ2) is 50.8. The number of hydrogen-bond acceptors (Lipinski definition) is 28. The number of nitrogens with zero attached hydrogens (tertiary/aromatic N) is 6. The molecule has 4 amide bonds. The summed E-state index contributed by atoms with van der Waals surface area (Å²) in [5, 5.41) is 110. The molecule has 1 saturated heterocycles. The molecule has 41 heteroatoms. The highest BCUT2D eigenvalue weighted by Gasteiger charge is 2.50. The normalized spacial score (nSPS) is 19.5. The predicted molar refractivity (Wildman–Crippen MR) is 550 cm³/mol. The third-order valence-electron chi connectivity index (χ3n) is 27.3. The number of aromatic nitrogens is 3. The Hall–Kier alpha value is -9.25. The van der Waals surface area contributed by atoms with Gasteiger partial charge in [-0.3, -0.25) is 15.0 Å². The second-order valence-electron chi connectivity index (χ2n) is 37.7. The minimum absolute atomic E-state index is 0.123. The SMILES string of the molecule is CCN(CCCCN)S(=O)(=O)c1ccc(Cl)c(CNC2(c3cnccc3-c3ccccc3OC3CC3)CC2)c1.CCN(CCCCNC(=O)N[C@@H](CO)[C@@H](O)[C@H](O)[C@H](O)CO)S(=O)(=O)c1ccc(Cl)c(CNC2(c3cnccc3-c3ccccc3OC3CC3)CC2)c1.CCN(CCCCNC(=O)N[C@@H]1[C@@H](O)[C@H](O)[C@@H](CO)O[C@H]1O)S(=O)(=O)c1ccc(Cl)c(CNC2(c3cnccc3-c3ccccc3OC3CC3)CC2)c1. The van der Waals surface area contributed by atoms with Gasteiger partial charge >= 0.3 is 12.1 Å². The van der Waals surface area contributed by atoms with Gasteiger partial charge < -0.3 is 108 Å². The number of nitrogens with one attached hydrogen (secondary N) is 7. The van der Waals surface area contributed by atoms with Crippen LogP contribution in [0.15, 0.2) is 197 Å². The standard InChI is InChI=1S/C37H48ClN5O9S.C37H50ClN5O9S.C30H37ClN4O3S/c1-2-43(18-6-5-16-40-36(48)42-32-34(46)33(45)31(22-44)52-35(32)47)53(49,50)25-11-12-29(38)23(19-25)20-41-37(14-15-37)28-21-39-17-13-26(28)27-7-3-4-8-30(27)51-24-9-10-24;1-2-43(18-6-5-16-40-36(49)42-31(22-44)34(47)35(48)32(46)23-45)53(50,51)26-11-12-30(38)24(19-26)20-41-37(14-15-37)29-21-39-17-13-27(29)28-7-3-4-8-33(28)52-25-9-10-25;1-2-35(18-6-5-16-32)39(36,37)24-11-12-28(31)22(19-24)20-34-30(14-15-30)27-21-33-17-13-25(27)26-7-3-4-8-29(26)38-23-9-10-23/h3-4,7-8,11-13,17,19,21,24,31-35,41,44-47H,2,5-6,9-10,14-16,18,20,22H2,1H3,(H2,40,42,48);3-4,7-8,11-13,17,19,21,25,31-32,34-35,41,44-48H,2,5-6,9-10,14-16,18,20,22-23H2,1H3,(H2,40,42,49);3-4,7-8,11-13,17,19,21,23,34H,2,5-6,9-10,14-16,18,20,32H2,1H3/t31-,32-,33-,34-,35-;31-,32+,34+,35+;/m10./s1. The van der Waals surface area contributed by atoms with Gasteiger partial charge in [-0.15, -0.1) is 0 Å². The number of urea groups is 2. The summed E-state index contributed by atoms with van der Waals surface area (Å²) in [6, 6.07) is 40.7. The maximum atomic E-state index is 13.8. The molecule has 9 aromatic rings. The monoisotopic (exact) mass is 2120 g/mol. The van der Waals surface area contributed by atoms with Crippen molar-refractivity contribution >= 4 is 76.9 Å². The Labute approximate surface area is 862 Å². The van der Waals surface area contributed by atoms with Crippen molar-refractivity contribution in [1.29, 1.82) is 0 Å². The molecular formula is C104H135Cl3N14O21S3. The predicted octanol–water partition coefficient (Wildman–Crippen LogP) is 10.3. The fourth-order valence-electron chi connectivity index (χ4n) is 17.8. The van der Waals surface area contributed by atoms with Crippen molar-refractivity contribution in [3.05, 3.63) is 231 Å². The number of amides is 4. The molecular weight excluding hydrogens is 1980 g/mol. The molecule has 6 aromatic carbocycles. The third-order valence-corrected chi connectivity index (χ3v) is 34.3. The Morgan fingerprint density at radius 3 is 1.14 bits per heavy atom. The number of nitrogens with two attached hydrogens (primary N) is 1. The minimum Gasteiger partial charge on any atom is -0.490 e. The van der Waals surface area contributed by atoms with Crippen LogP contribution in [-0.2, 0) is 71.1 Å². The summed E-state index contributed by atoms with van der Waals surface area (Å²) in [6.45, 7) is 6.95. The highest BCUT2D eigenvalue weighted by atomic mass is 35.5. The smallest absolute Gasteiger partial charge is 0.315 e. The van der Waals surface area contributed by atoms with Crippen molar-refractivity contribution < 1.29 is 99.7 Å². The maximum Gasteiger partial charge on any atom is 0.315 e. The number of unbranched alkanes of at least 4 members (excludes halogenated alkanes) is 3. The maximum absolute atomic E-state index is 13.8. The molecule has 3 aromatic heterocycles. The second-order valence-corrected chi connectivity index (χ2v) is 44.8. The van der Waals surface area contributed by atoms with Gasteiger partial charge in [-0.25, -0.2) is 34.8 Å². The lowest BCUT2D eigenvalue weighted by atomic mass is 9.94. The van der Waals surface area contributed by atoms with Crippen LogP contribution in [-0.4, -0.2) is 263 Å². The first-order chi connectivity index (χ1) is 69.8. The van der Waals surface area contributed by atoms with E-state index in [9.17, 15) is 75.7 Å². The van der Waals surface area contributed by atoms with Crippen LogP contribution < -0.4 is 57.2 Å². The molecule has 35 nitrogen and oxygen atoms in total. The zero-order valence-electron chi connectivity index (χ0n) is 81.6. The van der Waals surface area contributed by atoms with Crippen molar-refractivity contribution in [1.82, 2.24) is 65.1 Å². The van der Waals surface area contributed by atoms with E-state index in [0.717, 1.165) is 163 Å². The molecule has 7 fully saturated rings. The largest absolute Gasteiger partial charge is 0.490 e. The molecule has 1 aliphatic heterocycles. The summed E-state index contributed by atoms with van der Waals surface area (Å²) in [6.07, 6.45) is 16.0. The van der Waals surface area contributed by atoms with Gasteiger partial charge in [0.05, 0.1) is 58.9 Å². The fraction of sp³-hybridized carbons (Fsp3) is 0.490. The number of rotatable bonds is 52. The molecule has 7 aliphatic rings. The number of hydrogen-bond donors (Lipinski definition) is 17. The summed E-state index contributed by atoms with van der Waals surface area (Å²) >= 11 is 19.8. The van der Waals surface area contributed by atoms with Gasteiger partial charge in [0.1, 0.15) is 59.9 Å². The summed E-state index contributed by atoms with van der Waals surface area (Å²) in [7, 11) is -11.4. The molecule has 0 bridgehead atoms. The number of para-hydroxylation sites is 3. The lowest BCUT2D eigenvalue weighted by molar-refractivity contribution is -0.252. The van der Waals surface area contributed by atoms with Crippen LogP contribution in [0.5, 0.6) is 17.2 Å². The van der Waals surface area contributed by atoms with Gasteiger partial charge in [-0.05, 0) is 263 Å². The van der Waals surface area contributed by atoms with E-state index in [2.05, 4.69) is 76.4 Å². The average molecular weight is 2120 g/mol. The van der Waals surface area contributed by atoms with E-state index in [1.54, 1.807) is 68.7 Å². The van der Waals surface area contributed by atoms with Gasteiger partial charge in [0, 0.05) is 158 Å². The van der Waals surface area contributed by atoms with E-state index in [1.807, 2.05) is 98.4 Å². The molecule has 0 unspecified atom stereocenters. The molecule has 145 heavy (non-hydrogen) atoms. The molecule has 6 saturated carbocycles. The first-order valence-electron chi connectivity index (χ1n) is 49.9. The zero-order chi connectivity index (χ0) is 103. The summed E-state index contributed by atoms with van der Waals surface area (Å²) in [5.41, 5.74) is 16.2. The lowest BCUT2D eigenvalue weighted by Gasteiger charge is -2.40. The van der Waals surface area contributed by atoms with Gasteiger partial charge in [0.2, 0.25) is 30.1 Å². The van der Waals surface area contributed by atoms with Crippen LogP contribution >= 0.6 is 34.8 Å². The number of carbonyl (C=O) groups excluding carboxylic acids is 2. The van der Waals surface area contributed by atoms with Gasteiger partial charge in [0.15, 0.2) is 6.29 Å². The topological polar surface area (TPSA) is 514 Å². The number of ether oxygens (including phenoxy) is 4. The van der Waals surface area contributed by atoms with Crippen LogP contribution in [0.2, 0.25) is 15.1 Å². The van der Waals surface area contributed by atoms with E-state index < -0.39 is 117 Å². The Bertz CT molecular complexity index is 6210. The van der Waals surface area contributed by atoms with Crippen LogP contribution in [0.25, 0.3) is 33.4 Å². The number of aliphatic hydroxyl groups is 9. The van der Waals surface area contributed by atoms with E-state index in [0.29, 0.717) is 97.3 Å². The fourth-order valence-corrected chi connectivity index (χ4v) is 22.9. The number of aliphatic hydroxyl groups excluding tert-OH is 9. The van der Waals surface area contributed by atoms with Crippen LogP contribution in [0.1, 0.15) is 170 Å². The molecule has 18 N–H and O–H groups in total. The van der Waals surface area contributed by atoms with E-state index in [1.165, 1.54) is 25.0 Å². The quantitative estimate of drug-likeness (QED) is 0.0157. The number of carbonyl (C=O) groups is 2. The van der Waals surface area contributed by atoms with Gasteiger partial charge in [-0.1, -0.05) is 110 Å². The number of halogens is 3. The Balaban J connectivity index is 0.000000174. The molecule has 786 valence electrons. The summed E-state index contributed by atoms with van der Waals surface area (Å²) in [4.78, 5) is 38.6. The summed E-state index contributed by atoms with van der Waals surface area (Å²) < 4.78 is 110. The van der Waals surface area contributed by atoms with Crippen LogP contribution in [0.3, 0.4) is 0 Å². The first kappa shape index (κ1) is 111. The Morgan fingerprint density at radius 2 is 0.814 bits per heavy atom. The van der Waals surface area contributed by atoms with Crippen LogP contribution in [0, 0.1) is 0 Å². The number of sulfonamides is 3. The zero-order valence-corrected chi connectivity index (χ0v) is 86.3. The highest BCUT2D eigenvalue weighted by molar-refractivity contribution is 7.89. The molecule has 6 aliphatic carbocycles. The van der Waals surface area contributed by atoms with Crippen molar-refractivity contribution in [2.45, 2.75) is 261 Å². The Kier molecular flexibility index (Phi) is 39.1. The molecule has 9 atom stereocenters. The number of benzene rings is 6. The molecule has 4 heterocycles. The molecule has 0 radical (unpaired) electrons. The number of pyridine rings is 3. The first-order valence-corrected chi connectivity index (χ1v) is 55.3. The minimum atomic E-state index is -3.88. The average Bonchev–Trinajstić information content (AvgIpc) is 1.60. The summed E-state index contributed by atoms with van der Waals surface area (Å²) in [5.74, 6) is 2.60. The van der Waals surface area contributed by atoms with Gasteiger partial charge in [0.25, 0.3) is 0 Å². The molecule has 0 spiro atoms. The highest BCUT2D eigenvalue weighted by Crippen LogP contribution is 2.54. The van der Waals surface area contributed by atoms with Crippen molar-refractivity contribution in [3.8, 4) is 50.6 Å². The molecule has 16 rings (SSSR count). The van der Waals surface area contributed by atoms with Crippen molar-refractivity contribution in [2.24, 2.45) is 5.73 Å². The van der Waals surface area contributed by atoms with E-state index in [4.69, 9.17) is 64.6 Å². The van der Waals surface area contributed by atoms with Crippen molar-refractivity contribution in [3.63, 3.8) is 0 Å². The third kappa shape index (κ3) is 28.5.